The summed E-state index contributed by atoms with van der Waals surface area (Å²) in [6.45, 7) is 4.96. The molecule has 17 heavy (non-hydrogen) atoms. The molecule has 96 valence electrons. The topological polar surface area (TPSA) is 72.2 Å². The molecule has 0 aromatic carbocycles. The fourth-order valence-electron chi connectivity index (χ4n) is 1.43. The number of rotatable bonds is 9. The van der Waals surface area contributed by atoms with E-state index in [2.05, 4.69) is 20.8 Å². The zero-order valence-electron chi connectivity index (χ0n) is 10.2. The molecule has 1 heterocycles. The summed E-state index contributed by atoms with van der Waals surface area (Å²) in [4.78, 5) is 0. The van der Waals surface area contributed by atoms with Crippen LogP contribution in [0, 0.1) is 0 Å². The first-order valence-corrected chi connectivity index (χ1v) is 6.26. The molecule has 6 heteroatoms. The summed E-state index contributed by atoms with van der Waals surface area (Å²) in [5.41, 5.74) is 0. The molecule has 1 aliphatic carbocycles. The molecule has 0 unspecified atom stereocenters. The number of hydrogen-bond donors (Lipinski definition) is 2. The van der Waals surface area contributed by atoms with Crippen LogP contribution in [0.2, 0.25) is 0 Å². The van der Waals surface area contributed by atoms with Crippen LogP contribution in [0.15, 0.2) is 4.42 Å². The van der Waals surface area contributed by atoms with Crippen LogP contribution < -0.4 is 10.6 Å². The first kappa shape index (κ1) is 12.3. The Labute approximate surface area is 101 Å². The molecule has 1 fully saturated rings. The number of aromatic nitrogens is 2. The minimum Gasteiger partial charge on any atom is -0.407 e. The van der Waals surface area contributed by atoms with Crippen molar-refractivity contribution < 1.29 is 9.15 Å². The van der Waals surface area contributed by atoms with E-state index in [1.165, 1.54) is 12.8 Å². The summed E-state index contributed by atoms with van der Waals surface area (Å²) < 4.78 is 10.7. The third-order valence-electron chi connectivity index (χ3n) is 2.53. The number of hydrogen-bond acceptors (Lipinski definition) is 6. The van der Waals surface area contributed by atoms with Gasteiger partial charge in [0.05, 0.1) is 6.54 Å². The molecular formula is C11H20N4O2. The highest BCUT2D eigenvalue weighted by atomic mass is 16.5. The van der Waals surface area contributed by atoms with E-state index in [1.54, 1.807) is 0 Å². The van der Waals surface area contributed by atoms with Gasteiger partial charge in [-0.1, -0.05) is 5.10 Å². The van der Waals surface area contributed by atoms with Crippen LogP contribution in [0.5, 0.6) is 0 Å². The lowest BCUT2D eigenvalue weighted by Crippen LogP contribution is -2.15. The van der Waals surface area contributed by atoms with Gasteiger partial charge in [-0.15, -0.1) is 5.10 Å². The minimum absolute atomic E-state index is 0.495. The standard InChI is InChI=1S/C11H20N4O2/c1-2-16-7-3-6-12-11-15-14-10(17-11)8-13-9-4-5-9/h9,13H,2-8H2,1H3,(H,12,15). The molecule has 0 saturated heterocycles. The second-order valence-electron chi connectivity index (χ2n) is 4.13. The van der Waals surface area contributed by atoms with E-state index in [1.807, 2.05) is 6.92 Å². The van der Waals surface area contributed by atoms with Crippen LogP contribution in [0.25, 0.3) is 0 Å². The van der Waals surface area contributed by atoms with E-state index in [0.717, 1.165) is 26.2 Å². The van der Waals surface area contributed by atoms with E-state index in [9.17, 15) is 0 Å². The Morgan fingerprint density at radius 1 is 1.41 bits per heavy atom. The fraction of sp³-hybridized carbons (Fsp3) is 0.818. The maximum atomic E-state index is 5.43. The molecule has 2 N–H and O–H groups in total. The van der Waals surface area contributed by atoms with Gasteiger partial charge in [0.1, 0.15) is 0 Å². The monoisotopic (exact) mass is 240 g/mol. The van der Waals surface area contributed by atoms with E-state index >= 15 is 0 Å². The smallest absolute Gasteiger partial charge is 0.315 e. The summed E-state index contributed by atoms with van der Waals surface area (Å²) in [5, 5.41) is 14.3. The summed E-state index contributed by atoms with van der Waals surface area (Å²) in [6, 6.07) is 1.15. The third-order valence-corrected chi connectivity index (χ3v) is 2.53. The maximum absolute atomic E-state index is 5.43. The van der Waals surface area contributed by atoms with Crippen molar-refractivity contribution in [3.63, 3.8) is 0 Å². The lowest BCUT2D eigenvalue weighted by molar-refractivity contribution is 0.147. The lowest BCUT2D eigenvalue weighted by Gasteiger charge is -2.01. The highest BCUT2D eigenvalue weighted by Crippen LogP contribution is 2.19. The Kier molecular flexibility index (Phi) is 4.75. The van der Waals surface area contributed by atoms with Crippen molar-refractivity contribution in [3.8, 4) is 0 Å². The molecule has 1 aromatic heterocycles. The highest BCUT2D eigenvalue weighted by Gasteiger charge is 2.21. The highest BCUT2D eigenvalue weighted by molar-refractivity contribution is 5.16. The van der Waals surface area contributed by atoms with E-state index in [4.69, 9.17) is 9.15 Å². The van der Waals surface area contributed by atoms with E-state index < -0.39 is 0 Å². The molecule has 1 aliphatic rings. The fourth-order valence-corrected chi connectivity index (χ4v) is 1.43. The zero-order valence-corrected chi connectivity index (χ0v) is 10.2. The largest absolute Gasteiger partial charge is 0.407 e. The van der Waals surface area contributed by atoms with Gasteiger partial charge in [-0.2, -0.15) is 0 Å². The number of nitrogens with zero attached hydrogens (tertiary/aromatic N) is 2. The van der Waals surface area contributed by atoms with Gasteiger partial charge in [-0.25, -0.2) is 0 Å². The van der Waals surface area contributed by atoms with Gasteiger partial charge in [-0.3, -0.25) is 0 Å². The first-order valence-electron chi connectivity index (χ1n) is 6.26. The molecule has 0 atom stereocenters. The average molecular weight is 240 g/mol. The van der Waals surface area contributed by atoms with Crippen LogP contribution in [-0.2, 0) is 11.3 Å². The molecule has 6 nitrogen and oxygen atoms in total. The summed E-state index contributed by atoms with van der Waals surface area (Å²) >= 11 is 0. The van der Waals surface area contributed by atoms with Crippen LogP contribution >= 0.6 is 0 Å². The Bertz CT molecular complexity index is 325. The van der Waals surface area contributed by atoms with Crippen molar-refractivity contribution in [3.05, 3.63) is 5.89 Å². The number of anilines is 1. The summed E-state index contributed by atoms with van der Waals surface area (Å²) in [7, 11) is 0. The van der Waals surface area contributed by atoms with E-state index in [-0.39, 0.29) is 0 Å². The second-order valence-corrected chi connectivity index (χ2v) is 4.13. The van der Waals surface area contributed by atoms with Crippen molar-refractivity contribution in [2.24, 2.45) is 0 Å². The van der Waals surface area contributed by atoms with Crippen LogP contribution in [-0.4, -0.2) is 36.0 Å². The van der Waals surface area contributed by atoms with Crippen molar-refractivity contribution in [1.29, 1.82) is 0 Å². The Hall–Kier alpha value is -1.14. The van der Waals surface area contributed by atoms with Gasteiger partial charge in [0.2, 0.25) is 5.89 Å². The molecule has 0 aliphatic heterocycles. The Morgan fingerprint density at radius 3 is 3.06 bits per heavy atom. The molecule has 0 radical (unpaired) electrons. The van der Waals surface area contributed by atoms with Gasteiger partial charge in [0.15, 0.2) is 0 Å². The zero-order chi connectivity index (χ0) is 11.9. The number of nitrogens with one attached hydrogen (secondary N) is 2. The molecule has 0 spiro atoms. The third kappa shape index (κ3) is 4.70. The molecular weight excluding hydrogens is 220 g/mol. The maximum Gasteiger partial charge on any atom is 0.315 e. The van der Waals surface area contributed by atoms with Gasteiger partial charge in [0, 0.05) is 25.8 Å². The van der Waals surface area contributed by atoms with Crippen LogP contribution in [0.4, 0.5) is 6.01 Å². The van der Waals surface area contributed by atoms with E-state index in [0.29, 0.717) is 24.5 Å². The lowest BCUT2D eigenvalue weighted by atomic mass is 10.4. The average Bonchev–Trinajstić information content (AvgIpc) is 3.06. The predicted molar refractivity (Wildman–Crippen MR) is 63.8 cm³/mol. The van der Waals surface area contributed by atoms with Crippen molar-refractivity contribution >= 4 is 6.01 Å². The summed E-state index contributed by atoms with van der Waals surface area (Å²) in [6.07, 6.45) is 3.46. The molecule has 0 amide bonds. The summed E-state index contributed by atoms with van der Waals surface area (Å²) in [5.74, 6) is 0.643. The number of ether oxygens (including phenoxy) is 1. The molecule has 1 aromatic rings. The van der Waals surface area contributed by atoms with Crippen LogP contribution in [0.1, 0.15) is 32.1 Å². The van der Waals surface area contributed by atoms with Crippen molar-refractivity contribution in [2.45, 2.75) is 38.8 Å². The van der Waals surface area contributed by atoms with Crippen molar-refractivity contribution in [1.82, 2.24) is 15.5 Å². The van der Waals surface area contributed by atoms with Gasteiger partial charge in [0.25, 0.3) is 0 Å². The molecule has 1 saturated carbocycles. The van der Waals surface area contributed by atoms with Gasteiger partial charge in [-0.05, 0) is 26.2 Å². The Morgan fingerprint density at radius 2 is 2.29 bits per heavy atom. The molecule has 2 rings (SSSR count). The minimum atomic E-state index is 0.495. The molecule has 0 bridgehead atoms. The normalized spacial score (nSPS) is 15.1. The van der Waals surface area contributed by atoms with Crippen LogP contribution in [0.3, 0.4) is 0 Å². The SMILES string of the molecule is CCOCCCNc1nnc(CNC2CC2)o1. The quantitative estimate of drug-likeness (QED) is 0.631. The van der Waals surface area contributed by atoms with Gasteiger partial charge >= 0.3 is 6.01 Å². The van der Waals surface area contributed by atoms with Crippen molar-refractivity contribution in [2.75, 3.05) is 25.1 Å². The first-order chi connectivity index (χ1) is 8.38. The van der Waals surface area contributed by atoms with Gasteiger partial charge < -0.3 is 19.8 Å². The Balaban J connectivity index is 1.59. The second kappa shape index (κ2) is 6.56. The predicted octanol–water partition coefficient (Wildman–Crippen LogP) is 1.16.